The summed E-state index contributed by atoms with van der Waals surface area (Å²) in [5.74, 6) is -0.101. The first-order chi connectivity index (χ1) is 11.5. The zero-order valence-corrected chi connectivity index (χ0v) is 14.4. The van der Waals surface area contributed by atoms with Gasteiger partial charge in [-0.3, -0.25) is 9.59 Å². The molecule has 3 rings (SSSR count). The molecule has 6 heteroatoms. The Bertz CT molecular complexity index is 772. The van der Waals surface area contributed by atoms with Crippen LogP contribution >= 0.6 is 23.2 Å². The van der Waals surface area contributed by atoms with Crippen molar-refractivity contribution >= 4 is 46.4 Å². The number of benzene rings is 2. The standard InChI is InChI=1S/C18H16Cl2N2O2/c19-15-6-2-7-16(20)14(15)11-17(23)21-12-4-1-5-13(10-12)22-9-3-8-18(22)24/h1-2,4-7,10H,3,8-9,11H2,(H,21,23). The van der Waals surface area contributed by atoms with E-state index in [1.54, 1.807) is 35.2 Å². The quantitative estimate of drug-likeness (QED) is 0.881. The Kier molecular flexibility index (Phi) is 5.07. The van der Waals surface area contributed by atoms with Gasteiger partial charge in [0.2, 0.25) is 11.8 Å². The number of halogens is 2. The largest absolute Gasteiger partial charge is 0.326 e. The minimum atomic E-state index is -0.213. The second kappa shape index (κ2) is 7.24. The molecule has 1 aliphatic rings. The van der Waals surface area contributed by atoms with Crippen molar-refractivity contribution in [1.29, 1.82) is 0 Å². The topological polar surface area (TPSA) is 49.4 Å². The first kappa shape index (κ1) is 16.8. The van der Waals surface area contributed by atoms with Crippen molar-refractivity contribution in [2.75, 3.05) is 16.8 Å². The third-order valence-electron chi connectivity index (χ3n) is 3.91. The highest BCUT2D eigenvalue weighted by Gasteiger charge is 2.21. The van der Waals surface area contributed by atoms with Gasteiger partial charge in [-0.25, -0.2) is 0 Å². The molecular formula is C18H16Cl2N2O2. The number of carbonyl (C=O) groups is 2. The van der Waals surface area contributed by atoms with Crippen LogP contribution in [0.25, 0.3) is 0 Å². The van der Waals surface area contributed by atoms with Crippen molar-refractivity contribution in [3.05, 3.63) is 58.1 Å². The zero-order chi connectivity index (χ0) is 17.1. The van der Waals surface area contributed by atoms with E-state index in [-0.39, 0.29) is 18.2 Å². The number of anilines is 2. The van der Waals surface area contributed by atoms with Gasteiger partial charge < -0.3 is 10.2 Å². The smallest absolute Gasteiger partial charge is 0.228 e. The lowest BCUT2D eigenvalue weighted by Crippen LogP contribution is -2.23. The van der Waals surface area contributed by atoms with E-state index in [0.717, 1.165) is 12.1 Å². The van der Waals surface area contributed by atoms with Crippen molar-refractivity contribution in [1.82, 2.24) is 0 Å². The maximum atomic E-state index is 12.3. The molecule has 1 saturated heterocycles. The van der Waals surface area contributed by atoms with Crippen molar-refractivity contribution in [2.45, 2.75) is 19.3 Å². The number of hydrogen-bond donors (Lipinski definition) is 1. The average molecular weight is 363 g/mol. The number of nitrogens with one attached hydrogen (secondary N) is 1. The van der Waals surface area contributed by atoms with Gasteiger partial charge in [0, 0.05) is 34.4 Å². The van der Waals surface area contributed by atoms with E-state index in [2.05, 4.69) is 5.32 Å². The van der Waals surface area contributed by atoms with Gasteiger partial charge in [-0.2, -0.15) is 0 Å². The van der Waals surface area contributed by atoms with Crippen molar-refractivity contribution in [3.63, 3.8) is 0 Å². The molecule has 0 aliphatic carbocycles. The van der Waals surface area contributed by atoms with Gasteiger partial charge in [0.1, 0.15) is 0 Å². The highest BCUT2D eigenvalue weighted by Crippen LogP contribution is 2.26. The highest BCUT2D eigenvalue weighted by molar-refractivity contribution is 6.36. The number of rotatable bonds is 4. The molecule has 0 atom stereocenters. The molecule has 0 saturated carbocycles. The molecule has 1 fully saturated rings. The number of hydrogen-bond acceptors (Lipinski definition) is 2. The van der Waals surface area contributed by atoms with Crippen molar-refractivity contribution in [2.24, 2.45) is 0 Å². The zero-order valence-electron chi connectivity index (χ0n) is 12.9. The molecule has 4 nitrogen and oxygen atoms in total. The van der Waals surface area contributed by atoms with E-state index in [0.29, 0.717) is 34.3 Å². The summed E-state index contributed by atoms with van der Waals surface area (Å²) in [7, 11) is 0. The Morgan fingerprint density at radius 1 is 1.12 bits per heavy atom. The lowest BCUT2D eigenvalue weighted by atomic mass is 10.1. The van der Waals surface area contributed by atoms with Crippen molar-refractivity contribution in [3.8, 4) is 0 Å². The fraction of sp³-hybridized carbons (Fsp3) is 0.222. The van der Waals surface area contributed by atoms with E-state index in [1.807, 2.05) is 12.1 Å². The average Bonchev–Trinajstić information content (AvgIpc) is 2.97. The van der Waals surface area contributed by atoms with Crippen LogP contribution < -0.4 is 10.2 Å². The lowest BCUT2D eigenvalue weighted by Gasteiger charge is -2.17. The van der Waals surface area contributed by atoms with Crippen LogP contribution in [0.2, 0.25) is 10.0 Å². The predicted octanol–water partition coefficient (Wildman–Crippen LogP) is 4.30. The van der Waals surface area contributed by atoms with E-state index in [9.17, 15) is 9.59 Å². The maximum absolute atomic E-state index is 12.3. The first-order valence-electron chi connectivity index (χ1n) is 7.68. The summed E-state index contributed by atoms with van der Waals surface area (Å²) in [5.41, 5.74) is 2.04. The summed E-state index contributed by atoms with van der Waals surface area (Å²) in [6.07, 6.45) is 1.52. The Labute approximate surface area is 150 Å². The Morgan fingerprint density at radius 3 is 2.50 bits per heavy atom. The summed E-state index contributed by atoms with van der Waals surface area (Å²) in [6, 6.07) is 12.4. The Balaban J connectivity index is 1.72. The third-order valence-corrected chi connectivity index (χ3v) is 4.62. The summed E-state index contributed by atoms with van der Waals surface area (Å²) >= 11 is 12.2. The molecule has 2 aromatic rings. The predicted molar refractivity (Wildman–Crippen MR) is 96.8 cm³/mol. The molecule has 0 spiro atoms. The van der Waals surface area contributed by atoms with Crippen LogP contribution in [0.3, 0.4) is 0 Å². The van der Waals surface area contributed by atoms with E-state index in [4.69, 9.17) is 23.2 Å². The minimum absolute atomic E-state index is 0.0887. The molecule has 0 aromatic heterocycles. The first-order valence-corrected chi connectivity index (χ1v) is 8.43. The van der Waals surface area contributed by atoms with Crippen LogP contribution in [0.1, 0.15) is 18.4 Å². The van der Waals surface area contributed by atoms with Crippen LogP contribution in [-0.2, 0) is 16.0 Å². The number of carbonyl (C=O) groups excluding carboxylic acids is 2. The van der Waals surface area contributed by atoms with Crippen LogP contribution in [0.15, 0.2) is 42.5 Å². The normalized spacial score (nSPS) is 14.1. The molecule has 0 unspecified atom stereocenters. The molecule has 124 valence electrons. The highest BCUT2D eigenvalue weighted by atomic mass is 35.5. The van der Waals surface area contributed by atoms with Gasteiger partial charge in [0.25, 0.3) is 0 Å². The third kappa shape index (κ3) is 3.71. The molecule has 1 heterocycles. The van der Waals surface area contributed by atoms with Crippen LogP contribution in [0.5, 0.6) is 0 Å². The fourth-order valence-electron chi connectivity index (χ4n) is 2.74. The van der Waals surface area contributed by atoms with Gasteiger partial charge in [-0.15, -0.1) is 0 Å². The SMILES string of the molecule is O=C(Cc1c(Cl)cccc1Cl)Nc1cccc(N2CCCC2=O)c1. The van der Waals surface area contributed by atoms with Crippen LogP contribution in [0.4, 0.5) is 11.4 Å². The van der Waals surface area contributed by atoms with E-state index >= 15 is 0 Å². The second-order valence-electron chi connectivity index (χ2n) is 5.62. The fourth-order valence-corrected chi connectivity index (χ4v) is 3.27. The van der Waals surface area contributed by atoms with Gasteiger partial charge in [0.05, 0.1) is 6.42 Å². The maximum Gasteiger partial charge on any atom is 0.228 e. The molecule has 1 N–H and O–H groups in total. The number of nitrogens with zero attached hydrogens (tertiary/aromatic N) is 1. The molecule has 0 bridgehead atoms. The van der Waals surface area contributed by atoms with Crippen molar-refractivity contribution < 1.29 is 9.59 Å². The van der Waals surface area contributed by atoms with Gasteiger partial charge in [-0.05, 0) is 42.3 Å². The molecule has 2 aromatic carbocycles. The summed E-state index contributed by atoms with van der Waals surface area (Å²) in [6.45, 7) is 0.714. The second-order valence-corrected chi connectivity index (χ2v) is 6.44. The van der Waals surface area contributed by atoms with Gasteiger partial charge >= 0.3 is 0 Å². The molecule has 0 radical (unpaired) electrons. The Morgan fingerprint density at radius 2 is 1.83 bits per heavy atom. The summed E-state index contributed by atoms with van der Waals surface area (Å²) < 4.78 is 0. The Hall–Kier alpha value is -2.04. The van der Waals surface area contributed by atoms with E-state index < -0.39 is 0 Å². The van der Waals surface area contributed by atoms with Gasteiger partial charge in [0.15, 0.2) is 0 Å². The van der Waals surface area contributed by atoms with E-state index in [1.165, 1.54) is 0 Å². The van der Waals surface area contributed by atoms with Gasteiger partial charge in [-0.1, -0.05) is 35.3 Å². The molecular weight excluding hydrogens is 347 g/mol. The molecule has 1 aliphatic heterocycles. The lowest BCUT2D eigenvalue weighted by molar-refractivity contribution is -0.117. The molecule has 24 heavy (non-hydrogen) atoms. The summed E-state index contributed by atoms with van der Waals surface area (Å²) in [4.78, 5) is 25.8. The summed E-state index contributed by atoms with van der Waals surface area (Å²) in [5, 5.41) is 3.76. The minimum Gasteiger partial charge on any atom is -0.326 e. The monoisotopic (exact) mass is 362 g/mol. The van der Waals surface area contributed by atoms with Crippen LogP contribution in [0, 0.1) is 0 Å². The molecule has 2 amide bonds. The van der Waals surface area contributed by atoms with Crippen LogP contribution in [-0.4, -0.2) is 18.4 Å². The number of amides is 2.